The second-order valence-electron chi connectivity index (χ2n) is 3.50. The van der Waals surface area contributed by atoms with Crippen molar-refractivity contribution in [3.05, 3.63) is 17.5 Å². The average molecular weight is 181 g/mol. The third-order valence-electron chi connectivity index (χ3n) is 2.33. The predicted octanol–water partition coefficient (Wildman–Crippen LogP) is 0.217. The first-order chi connectivity index (χ1) is 6.25. The topological polar surface area (TPSA) is 39.1 Å². The van der Waals surface area contributed by atoms with Gasteiger partial charge in [-0.1, -0.05) is 0 Å². The Hall–Kier alpha value is -0.870. The van der Waals surface area contributed by atoms with E-state index in [2.05, 4.69) is 10.4 Å². The van der Waals surface area contributed by atoms with Crippen molar-refractivity contribution in [2.75, 3.05) is 13.1 Å². The quantitative estimate of drug-likeness (QED) is 0.725. The van der Waals surface area contributed by atoms with E-state index in [1.165, 1.54) is 5.56 Å². The first kappa shape index (κ1) is 8.72. The molecule has 0 unspecified atom stereocenters. The van der Waals surface area contributed by atoms with Gasteiger partial charge >= 0.3 is 0 Å². The highest BCUT2D eigenvalue weighted by molar-refractivity contribution is 5.13. The second kappa shape index (κ2) is 3.47. The second-order valence-corrected chi connectivity index (χ2v) is 3.50. The van der Waals surface area contributed by atoms with Crippen molar-refractivity contribution < 1.29 is 4.74 Å². The number of aryl methyl sites for hydroxylation is 2. The van der Waals surface area contributed by atoms with Crippen LogP contribution in [0.5, 0.6) is 0 Å². The van der Waals surface area contributed by atoms with Gasteiger partial charge in [-0.2, -0.15) is 5.10 Å². The van der Waals surface area contributed by atoms with Crippen molar-refractivity contribution in [1.82, 2.24) is 15.1 Å². The van der Waals surface area contributed by atoms with Gasteiger partial charge in [0, 0.05) is 31.9 Å². The molecular weight excluding hydrogens is 166 g/mol. The molecule has 1 aliphatic heterocycles. The zero-order valence-corrected chi connectivity index (χ0v) is 8.08. The molecule has 1 N–H and O–H groups in total. The Labute approximate surface area is 77.9 Å². The van der Waals surface area contributed by atoms with Gasteiger partial charge in [-0.25, -0.2) is 0 Å². The highest BCUT2D eigenvalue weighted by Crippen LogP contribution is 2.09. The van der Waals surface area contributed by atoms with Gasteiger partial charge in [0.15, 0.2) is 0 Å². The van der Waals surface area contributed by atoms with Gasteiger partial charge in [0.2, 0.25) is 0 Å². The highest BCUT2D eigenvalue weighted by atomic mass is 16.5. The Morgan fingerprint density at radius 2 is 2.46 bits per heavy atom. The highest BCUT2D eigenvalue weighted by Gasteiger charge is 2.17. The molecule has 2 heterocycles. The van der Waals surface area contributed by atoms with Crippen molar-refractivity contribution in [1.29, 1.82) is 0 Å². The van der Waals surface area contributed by atoms with E-state index < -0.39 is 0 Å². The standard InChI is InChI=1S/C9H15N3O/c1-7-8(5-12(2)11-7)6-13-9-3-10-4-9/h5,9-10H,3-4,6H2,1-2H3. The normalized spacial score (nSPS) is 17.4. The van der Waals surface area contributed by atoms with Crippen molar-refractivity contribution in [2.45, 2.75) is 19.6 Å². The van der Waals surface area contributed by atoms with Gasteiger partial charge < -0.3 is 10.1 Å². The minimum atomic E-state index is 0.402. The number of nitrogens with one attached hydrogen (secondary N) is 1. The predicted molar refractivity (Wildman–Crippen MR) is 49.4 cm³/mol. The molecule has 0 aliphatic carbocycles. The van der Waals surface area contributed by atoms with Crippen molar-refractivity contribution >= 4 is 0 Å². The molecule has 1 aliphatic rings. The lowest BCUT2D eigenvalue weighted by molar-refractivity contribution is 0.00735. The van der Waals surface area contributed by atoms with E-state index in [0.29, 0.717) is 12.7 Å². The molecule has 4 nitrogen and oxygen atoms in total. The van der Waals surface area contributed by atoms with E-state index in [4.69, 9.17) is 4.74 Å². The Balaban J connectivity index is 1.89. The number of rotatable bonds is 3. The lowest BCUT2D eigenvalue weighted by Gasteiger charge is -2.26. The van der Waals surface area contributed by atoms with E-state index in [1.54, 1.807) is 0 Å². The molecule has 1 saturated heterocycles. The summed E-state index contributed by atoms with van der Waals surface area (Å²) in [5.41, 5.74) is 2.25. The fourth-order valence-corrected chi connectivity index (χ4v) is 1.38. The molecule has 1 aromatic rings. The van der Waals surface area contributed by atoms with Crippen LogP contribution in [0.15, 0.2) is 6.20 Å². The van der Waals surface area contributed by atoms with E-state index in [0.717, 1.165) is 18.8 Å². The summed E-state index contributed by atoms with van der Waals surface area (Å²) in [6, 6.07) is 0. The van der Waals surface area contributed by atoms with Gasteiger partial charge in [0.05, 0.1) is 18.4 Å². The smallest absolute Gasteiger partial charge is 0.0828 e. The third-order valence-corrected chi connectivity index (χ3v) is 2.33. The van der Waals surface area contributed by atoms with E-state index in [1.807, 2.05) is 24.9 Å². The summed E-state index contributed by atoms with van der Waals surface area (Å²) < 4.78 is 7.47. The van der Waals surface area contributed by atoms with E-state index in [9.17, 15) is 0 Å². The summed E-state index contributed by atoms with van der Waals surface area (Å²) >= 11 is 0. The number of ether oxygens (including phenoxy) is 1. The lowest BCUT2D eigenvalue weighted by atomic mass is 10.2. The molecule has 1 fully saturated rings. The summed E-state index contributed by atoms with van der Waals surface area (Å²) in [4.78, 5) is 0. The SMILES string of the molecule is Cc1nn(C)cc1COC1CNC1. The van der Waals surface area contributed by atoms with E-state index in [-0.39, 0.29) is 0 Å². The molecule has 13 heavy (non-hydrogen) atoms. The van der Waals surface area contributed by atoms with Crippen LogP contribution in [-0.2, 0) is 18.4 Å². The van der Waals surface area contributed by atoms with Crippen LogP contribution < -0.4 is 5.32 Å². The van der Waals surface area contributed by atoms with Crippen LogP contribution in [0.25, 0.3) is 0 Å². The summed E-state index contributed by atoms with van der Waals surface area (Å²) in [6.45, 7) is 4.67. The average Bonchev–Trinajstić information content (AvgIpc) is 2.27. The molecule has 0 bridgehead atoms. The fraction of sp³-hybridized carbons (Fsp3) is 0.667. The molecule has 4 heteroatoms. The number of hydrogen-bond acceptors (Lipinski definition) is 3. The number of nitrogens with zero attached hydrogens (tertiary/aromatic N) is 2. The Morgan fingerprint density at radius 3 is 2.92 bits per heavy atom. The molecule has 0 saturated carbocycles. The summed E-state index contributed by atoms with van der Waals surface area (Å²) in [5, 5.41) is 7.43. The molecule has 0 spiro atoms. The van der Waals surface area contributed by atoms with Crippen LogP contribution in [0, 0.1) is 6.92 Å². The van der Waals surface area contributed by atoms with Crippen LogP contribution in [-0.4, -0.2) is 29.0 Å². The molecule has 0 radical (unpaired) electrons. The maximum absolute atomic E-state index is 5.64. The van der Waals surface area contributed by atoms with Gasteiger partial charge in [0.1, 0.15) is 0 Å². The zero-order chi connectivity index (χ0) is 9.26. The summed E-state index contributed by atoms with van der Waals surface area (Å²) in [5.74, 6) is 0. The van der Waals surface area contributed by atoms with Crippen LogP contribution >= 0.6 is 0 Å². The first-order valence-corrected chi connectivity index (χ1v) is 4.57. The Kier molecular flexibility index (Phi) is 2.33. The molecule has 0 atom stereocenters. The first-order valence-electron chi connectivity index (χ1n) is 4.57. The van der Waals surface area contributed by atoms with Gasteiger partial charge in [-0.3, -0.25) is 4.68 Å². The minimum absolute atomic E-state index is 0.402. The van der Waals surface area contributed by atoms with Crippen molar-refractivity contribution in [3.8, 4) is 0 Å². The lowest BCUT2D eigenvalue weighted by Crippen LogP contribution is -2.48. The Morgan fingerprint density at radius 1 is 1.69 bits per heavy atom. The van der Waals surface area contributed by atoms with Crippen LogP contribution in [0.3, 0.4) is 0 Å². The molecule has 0 amide bonds. The minimum Gasteiger partial charge on any atom is -0.371 e. The molecule has 2 rings (SSSR count). The van der Waals surface area contributed by atoms with Crippen molar-refractivity contribution in [3.63, 3.8) is 0 Å². The summed E-state index contributed by atoms with van der Waals surface area (Å²) in [6.07, 6.45) is 2.42. The third kappa shape index (κ3) is 1.89. The molecule has 1 aromatic heterocycles. The fourth-order valence-electron chi connectivity index (χ4n) is 1.38. The van der Waals surface area contributed by atoms with Gasteiger partial charge in [-0.15, -0.1) is 0 Å². The number of hydrogen-bond donors (Lipinski definition) is 1. The molecule has 72 valence electrons. The largest absolute Gasteiger partial charge is 0.371 e. The van der Waals surface area contributed by atoms with Crippen LogP contribution in [0.1, 0.15) is 11.3 Å². The Bertz CT molecular complexity index is 291. The monoisotopic (exact) mass is 181 g/mol. The van der Waals surface area contributed by atoms with Gasteiger partial charge in [-0.05, 0) is 6.92 Å². The maximum atomic E-state index is 5.64. The van der Waals surface area contributed by atoms with Crippen molar-refractivity contribution in [2.24, 2.45) is 7.05 Å². The number of aromatic nitrogens is 2. The summed E-state index contributed by atoms with van der Waals surface area (Å²) in [7, 11) is 1.93. The molecule has 0 aromatic carbocycles. The molecular formula is C9H15N3O. The van der Waals surface area contributed by atoms with Gasteiger partial charge in [0.25, 0.3) is 0 Å². The van der Waals surface area contributed by atoms with E-state index >= 15 is 0 Å². The van der Waals surface area contributed by atoms with Crippen LogP contribution in [0.2, 0.25) is 0 Å². The zero-order valence-electron chi connectivity index (χ0n) is 8.08. The van der Waals surface area contributed by atoms with Crippen LogP contribution in [0.4, 0.5) is 0 Å². The maximum Gasteiger partial charge on any atom is 0.0828 e.